The number of rotatable bonds is 6. The van der Waals surface area contributed by atoms with Crippen LogP contribution in [0.2, 0.25) is 5.02 Å². The molecule has 0 spiro atoms. The largest absolute Gasteiger partial charge is 0.495 e. The summed E-state index contributed by atoms with van der Waals surface area (Å²) in [6.07, 6.45) is -0.451. The Morgan fingerprint density at radius 1 is 1.21 bits per heavy atom. The third-order valence-corrected chi connectivity index (χ3v) is 6.58. The van der Waals surface area contributed by atoms with Gasteiger partial charge in [-0.1, -0.05) is 23.7 Å². The van der Waals surface area contributed by atoms with Gasteiger partial charge in [-0.2, -0.15) is 0 Å². The Balaban J connectivity index is 1.43. The van der Waals surface area contributed by atoms with E-state index in [-0.39, 0.29) is 16.5 Å². The molecule has 4 rings (SSSR count). The second-order valence-electron chi connectivity index (χ2n) is 7.68. The number of fused-ring (bicyclic) bond motifs is 1. The van der Waals surface area contributed by atoms with Gasteiger partial charge in [-0.05, 0) is 37.4 Å². The Labute approximate surface area is 200 Å². The third-order valence-electron chi connectivity index (χ3n) is 5.29. The lowest BCUT2D eigenvalue weighted by atomic mass is 10.1. The average molecular weight is 487 g/mol. The van der Waals surface area contributed by atoms with Gasteiger partial charge in [-0.3, -0.25) is 14.9 Å². The lowest BCUT2D eigenvalue weighted by molar-refractivity contribution is 0.0783. The highest BCUT2D eigenvalue weighted by molar-refractivity contribution is 7.15. The molecular weight excluding hydrogens is 464 g/mol. The van der Waals surface area contributed by atoms with Gasteiger partial charge in [0.2, 0.25) is 0 Å². The van der Waals surface area contributed by atoms with Crippen LogP contribution in [-0.4, -0.2) is 47.5 Å². The van der Waals surface area contributed by atoms with Crippen LogP contribution >= 0.6 is 22.9 Å². The van der Waals surface area contributed by atoms with Gasteiger partial charge in [-0.15, -0.1) is 11.3 Å². The Morgan fingerprint density at radius 2 is 2.00 bits per heavy atom. The van der Waals surface area contributed by atoms with Crippen LogP contribution in [-0.2, 0) is 13.0 Å². The maximum absolute atomic E-state index is 12.8. The molecule has 3 N–H and O–H groups in total. The van der Waals surface area contributed by atoms with Crippen LogP contribution in [0, 0.1) is 0 Å². The van der Waals surface area contributed by atoms with Crippen molar-refractivity contribution >= 4 is 39.9 Å². The summed E-state index contributed by atoms with van der Waals surface area (Å²) in [4.78, 5) is 33.2. The molecular formula is C23H23ClN4O4S. The van der Waals surface area contributed by atoms with Crippen LogP contribution in [0.1, 0.15) is 43.1 Å². The Kier molecular flexibility index (Phi) is 6.94. The lowest BCUT2D eigenvalue weighted by Crippen LogP contribution is -2.28. The van der Waals surface area contributed by atoms with Crippen molar-refractivity contribution in [1.82, 2.24) is 15.2 Å². The van der Waals surface area contributed by atoms with Gasteiger partial charge < -0.3 is 20.1 Å². The molecule has 0 saturated heterocycles. The minimum absolute atomic E-state index is 0.270. The molecule has 3 aromatic rings. The first kappa shape index (κ1) is 23.2. The predicted molar refractivity (Wildman–Crippen MR) is 127 cm³/mol. The van der Waals surface area contributed by atoms with Crippen LogP contribution in [0.4, 0.5) is 5.13 Å². The number of thiazole rings is 1. The third kappa shape index (κ3) is 5.33. The molecule has 2 heterocycles. The monoisotopic (exact) mass is 486 g/mol. The molecule has 1 atom stereocenters. The highest BCUT2D eigenvalue weighted by atomic mass is 35.5. The smallest absolute Gasteiger partial charge is 0.257 e. The number of amides is 2. The van der Waals surface area contributed by atoms with Crippen molar-refractivity contribution in [2.75, 3.05) is 26.0 Å². The van der Waals surface area contributed by atoms with Gasteiger partial charge >= 0.3 is 0 Å². The van der Waals surface area contributed by atoms with Crippen LogP contribution < -0.4 is 15.4 Å². The molecule has 1 aromatic heterocycles. The van der Waals surface area contributed by atoms with Crippen molar-refractivity contribution in [3.05, 3.63) is 74.7 Å². The second-order valence-corrected chi connectivity index (χ2v) is 9.17. The van der Waals surface area contributed by atoms with E-state index in [1.807, 2.05) is 0 Å². The summed E-state index contributed by atoms with van der Waals surface area (Å²) in [5.41, 5.74) is 2.01. The molecule has 0 fully saturated rings. The molecule has 10 heteroatoms. The van der Waals surface area contributed by atoms with E-state index in [1.165, 1.54) is 30.6 Å². The summed E-state index contributed by atoms with van der Waals surface area (Å²) in [5, 5.41) is 16.7. The average Bonchev–Trinajstić information content (AvgIpc) is 3.20. The zero-order valence-electron chi connectivity index (χ0n) is 18.1. The molecule has 8 nitrogen and oxygen atoms in total. The van der Waals surface area contributed by atoms with E-state index >= 15 is 0 Å². The zero-order chi connectivity index (χ0) is 23.5. The summed E-state index contributed by atoms with van der Waals surface area (Å²) < 4.78 is 5.08. The maximum Gasteiger partial charge on any atom is 0.257 e. The van der Waals surface area contributed by atoms with E-state index in [0.29, 0.717) is 22.0 Å². The summed E-state index contributed by atoms with van der Waals surface area (Å²) in [5.74, 6) is -0.405. The first-order chi connectivity index (χ1) is 15.8. The molecule has 0 saturated carbocycles. The van der Waals surface area contributed by atoms with Gasteiger partial charge in [0.1, 0.15) is 5.75 Å². The molecule has 33 heavy (non-hydrogen) atoms. The number of aliphatic hydroxyl groups is 1. The van der Waals surface area contributed by atoms with E-state index in [0.717, 1.165) is 30.1 Å². The van der Waals surface area contributed by atoms with Crippen molar-refractivity contribution in [2.45, 2.75) is 19.2 Å². The van der Waals surface area contributed by atoms with Crippen LogP contribution in [0.25, 0.3) is 0 Å². The van der Waals surface area contributed by atoms with Crippen molar-refractivity contribution < 1.29 is 19.4 Å². The molecule has 0 unspecified atom stereocenters. The topological polar surface area (TPSA) is 104 Å². The number of nitrogens with zero attached hydrogens (tertiary/aromatic N) is 2. The number of nitrogens with one attached hydrogen (secondary N) is 2. The Hall–Kier alpha value is -2.98. The quantitative estimate of drug-likeness (QED) is 0.461. The van der Waals surface area contributed by atoms with Gasteiger partial charge in [0.25, 0.3) is 11.8 Å². The highest BCUT2D eigenvalue weighted by Gasteiger charge is 2.20. The molecule has 2 amide bonds. The summed E-state index contributed by atoms with van der Waals surface area (Å²) in [6.45, 7) is 1.77. The van der Waals surface area contributed by atoms with Crippen LogP contribution in [0.15, 0.2) is 42.5 Å². The van der Waals surface area contributed by atoms with Gasteiger partial charge in [-0.25, -0.2) is 4.98 Å². The molecule has 0 bridgehead atoms. The molecule has 0 radical (unpaired) electrons. The van der Waals surface area contributed by atoms with E-state index in [4.69, 9.17) is 16.3 Å². The van der Waals surface area contributed by atoms with Crippen LogP contribution in [0.5, 0.6) is 5.75 Å². The number of carbonyl (C=O) groups is 2. The van der Waals surface area contributed by atoms with Gasteiger partial charge in [0, 0.05) is 41.1 Å². The Bertz CT molecular complexity index is 1200. The number of anilines is 1. The normalized spacial score (nSPS) is 14.3. The molecule has 0 aliphatic carbocycles. The zero-order valence-corrected chi connectivity index (χ0v) is 19.7. The lowest BCUT2D eigenvalue weighted by Gasteiger charge is -2.20. The van der Waals surface area contributed by atoms with E-state index in [1.54, 1.807) is 30.3 Å². The summed E-state index contributed by atoms with van der Waals surface area (Å²) in [6, 6.07) is 11.0. The van der Waals surface area contributed by atoms with E-state index < -0.39 is 12.1 Å². The first-order valence-electron chi connectivity index (χ1n) is 10.2. The summed E-state index contributed by atoms with van der Waals surface area (Å²) >= 11 is 7.54. The molecule has 1 aliphatic heterocycles. The molecule has 1 aliphatic rings. The number of benzene rings is 2. The van der Waals surface area contributed by atoms with Crippen molar-refractivity contribution in [3.63, 3.8) is 0 Å². The number of hydrogen-bond acceptors (Lipinski definition) is 7. The minimum Gasteiger partial charge on any atom is -0.495 e. The van der Waals surface area contributed by atoms with Crippen LogP contribution in [0.3, 0.4) is 0 Å². The van der Waals surface area contributed by atoms with E-state index in [2.05, 4.69) is 27.6 Å². The fraction of sp³-hybridized carbons (Fsp3) is 0.261. The van der Waals surface area contributed by atoms with Crippen molar-refractivity contribution in [3.8, 4) is 5.75 Å². The number of aliphatic hydroxyl groups excluding tert-OH is 1. The van der Waals surface area contributed by atoms with Gasteiger partial charge in [0.05, 0.1) is 17.8 Å². The number of ether oxygens (including phenoxy) is 1. The number of hydrogen-bond donors (Lipinski definition) is 3. The van der Waals surface area contributed by atoms with Crippen molar-refractivity contribution in [1.29, 1.82) is 0 Å². The minimum atomic E-state index is -1.31. The standard InChI is InChI=1S/C23H23ClN4O4S/c1-28-9-8-17-19(12-28)33-23(25-17)27-22(31)14-5-3-4-13(10-14)20(29)26-21(30)15-6-7-18(32-2)16(24)11-15/h3-7,10-11,20,29H,8-9,12H2,1-2H3,(H,26,30)(H,25,27,31)/t20-/m1/s1. The maximum atomic E-state index is 12.8. The second kappa shape index (κ2) is 9.88. The number of likely N-dealkylation sites (N-methyl/N-ethyl adjacent to an activating group) is 1. The SMILES string of the molecule is COc1ccc(C(=O)N[C@H](O)c2cccc(C(=O)Nc3nc4c(s3)CN(C)CC4)c2)cc1Cl. The molecule has 172 valence electrons. The fourth-order valence-electron chi connectivity index (χ4n) is 3.49. The number of carbonyl (C=O) groups excluding carboxylic acids is 2. The molecule has 2 aromatic carbocycles. The number of methoxy groups -OCH3 is 1. The summed E-state index contributed by atoms with van der Waals surface area (Å²) in [7, 11) is 3.54. The van der Waals surface area contributed by atoms with E-state index in [9.17, 15) is 14.7 Å². The van der Waals surface area contributed by atoms with Crippen molar-refractivity contribution in [2.24, 2.45) is 0 Å². The number of aromatic nitrogens is 1. The van der Waals surface area contributed by atoms with Gasteiger partial charge in [0.15, 0.2) is 11.4 Å². The fourth-order valence-corrected chi connectivity index (χ4v) is 4.84. The number of halogens is 1. The Morgan fingerprint density at radius 3 is 2.76 bits per heavy atom. The highest BCUT2D eigenvalue weighted by Crippen LogP contribution is 2.28. The predicted octanol–water partition coefficient (Wildman–Crippen LogP) is 3.47. The first-order valence-corrected chi connectivity index (χ1v) is 11.4.